The lowest BCUT2D eigenvalue weighted by molar-refractivity contribution is -0.0852. The smallest absolute Gasteiger partial charge is 0.419 e. The summed E-state index contributed by atoms with van der Waals surface area (Å²) in [4.78, 5) is 0. The van der Waals surface area contributed by atoms with Crippen molar-refractivity contribution in [2.24, 2.45) is 0 Å². The molecule has 0 saturated carbocycles. The fraction of sp³-hybridized carbons (Fsp3) is 0.800. The van der Waals surface area contributed by atoms with E-state index in [0.717, 1.165) is 12.8 Å². The second-order valence-electron chi connectivity index (χ2n) is 4.02. The highest BCUT2D eigenvalue weighted by molar-refractivity contribution is 7.82. The third-order valence-corrected chi connectivity index (χ3v) is 3.25. The zero-order chi connectivity index (χ0) is 12.3. The van der Waals surface area contributed by atoms with E-state index in [-0.39, 0.29) is 11.9 Å². The predicted octanol–water partition coefficient (Wildman–Crippen LogP) is 2.14. The summed E-state index contributed by atoms with van der Waals surface area (Å²) in [6.45, 7) is 2.16. The summed E-state index contributed by atoms with van der Waals surface area (Å²) < 4.78 is 40.9. The zero-order valence-electron chi connectivity index (χ0n) is 9.68. The van der Waals surface area contributed by atoms with Crippen LogP contribution in [0.3, 0.4) is 0 Å². The van der Waals surface area contributed by atoms with Gasteiger partial charge in [-0.1, -0.05) is 32.6 Å². The number of hydrogen-bond acceptors (Lipinski definition) is 6. The van der Waals surface area contributed by atoms with Crippen molar-refractivity contribution in [2.45, 2.75) is 51.7 Å². The van der Waals surface area contributed by atoms with Gasteiger partial charge in [-0.05, 0) is 6.42 Å². The van der Waals surface area contributed by atoms with E-state index in [1.54, 1.807) is 0 Å². The normalized spacial score (nSPS) is 21.5. The van der Waals surface area contributed by atoms with Gasteiger partial charge in [0, 0.05) is 6.42 Å². The van der Waals surface area contributed by atoms with Gasteiger partial charge in [-0.2, -0.15) is 0 Å². The van der Waals surface area contributed by atoms with Crippen molar-refractivity contribution in [1.29, 1.82) is 0 Å². The Labute approximate surface area is 101 Å². The molecule has 2 heterocycles. The first-order valence-corrected chi connectivity index (χ1v) is 7.15. The first kappa shape index (κ1) is 12.3. The van der Waals surface area contributed by atoms with Crippen molar-refractivity contribution in [1.82, 2.24) is 0 Å². The van der Waals surface area contributed by atoms with Crippen LogP contribution in [0.15, 0.2) is 11.9 Å². The highest BCUT2D eigenvalue weighted by Gasteiger charge is 2.43. The minimum atomic E-state index is -3.99. The van der Waals surface area contributed by atoms with Crippen molar-refractivity contribution in [3.63, 3.8) is 0 Å². The molecule has 2 aliphatic rings. The molecule has 2 rings (SSSR count). The van der Waals surface area contributed by atoms with Gasteiger partial charge in [-0.15, -0.1) is 8.42 Å². The van der Waals surface area contributed by atoms with E-state index in [1.807, 2.05) is 0 Å². The first-order chi connectivity index (χ1) is 8.11. The minimum absolute atomic E-state index is 0.177. The van der Waals surface area contributed by atoms with Gasteiger partial charge in [-0.3, -0.25) is 0 Å². The quantitative estimate of drug-likeness (QED) is 0.684. The van der Waals surface area contributed by atoms with Gasteiger partial charge in [0.1, 0.15) is 0 Å². The third-order valence-electron chi connectivity index (χ3n) is 2.54. The van der Waals surface area contributed by atoms with Crippen LogP contribution in [0.5, 0.6) is 0 Å². The van der Waals surface area contributed by atoms with Crippen LogP contribution in [0.4, 0.5) is 0 Å². The predicted molar refractivity (Wildman–Crippen MR) is 57.4 cm³/mol. The molecule has 0 amide bonds. The van der Waals surface area contributed by atoms with Crippen molar-refractivity contribution < 1.29 is 26.3 Å². The van der Waals surface area contributed by atoms with E-state index in [2.05, 4.69) is 15.3 Å². The van der Waals surface area contributed by atoms with Gasteiger partial charge in [-0.25, -0.2) is 0 Å². The largest absolute Gasteiger partial charge is 0.506 e. The van der Waals surface area contributed by atoms with Crippen LogP contribution in [0.2, 0.25) is 0 Å². The number of rotatable bonds is 6. The molecular weight excluding hydrogens is 248 g/mol. The lowest BCUT2D eigenvalue weighted by Crippen LogP contribution is -2.13. The molecule has 0 unspecified atom stereocenters. The number of ether oxygens (including phenoxy) is 2. The Kier molecular flexibility index (Phi) is 3.66. The van der Waals surface area contributed by atoms with E-state index in [0.29, 0.717) is 6.42 Å². The standard InChI is InChI=1S/C10H16O6S/c1-2-3-4-5-6-7-8-13-9-10(14-8)16-17(11,12)15-9/h8H,2-7H2,1H3. The summed E-state index contributed by atoms with van der Waals surface area (Å²) in [5, 5.41) is 0. The molecule has 0 aromatic carbocycles. The van der Waals surface area contributed by atoms with Gasteiger partial charge < -0.3 is 17.8 Å². The molecule has 0 saturated heterocycles. The number of hydrogen-bond donors (Lipinski definition) is 0. The Hall–Kier alpha value is -1.11. The van der Waals surface area contributed by atoms with Crippen molar-refractivity contribution in [3.8, 4) is 0 Å². The molecule has 0 aliphatic carbocycles. The van der Waals surface area contributed by atoms with Crippen LogP contribution in [-0.4, -0.2) is 14.7 Å². The fourth-order valence-electron chi connectivity index (χ4n) is 1.70. The molecule has 98 valence electrons. The fourth-order valence-corrected chi connectivity index (χ4v) is 2.32. The van der Waals surface area contributed by atoms with Crippen molar-refractivity contribution in [2.75, 3.05) is 0 Å². The maximum Gasteiger partial charge on any atom is 0.506 e. The zero-order valence-corrected chi connectivity index (χ0v) is 10.5. The second-order valence-corrected chi connectivity index (χ2v) is 5.17. The van der Waals surface area contributed by atoms with Crippen LogP contribution in [0, 0.1) is 0 Å². The molecule has 7 heteroatoms. The molecule has 0 spiro atoms. The van der Waals surface area contributed by atoms with Gasteiger partial charge in [0.2, 0.25) is 6.29 Å². The summed E-state index contributed by atoms with van der Waals surface area (Å²) in [5.74, 6) is -0.355. The van der Waals surface area contributed by atoms with Crippen molar-refractivity contribution >= 4 is 10.4 Å². The molecule has 0 aromatic heterocycles. The summed E-state index contributed by atoms with van der Waals surface area (Å²) in [6, 6.07) is 0. The molecule has 0 bridgehead atoms. The molecule has 17 heavy (non-hydrogen) atoms. The topological polar surface area (TPSA) is 71.1 Å². The Morgan fingerprint density at radius 3 is 2.18 bits per heavy atom. The van der Waals surface area contributed by atoms with Gasteiger partial charge in [0.25, 0.3) is 0 Å². The van der Waals surface area contributed by atoms with Crippen LogP contribution in [0.1, 0.15) is 45.4 Å². The van der Waals surface area contributed by atoms with Crippen LogP contribution in [0.25, 0.3) is 0 Å². The summed E-state index contributed by atoms with van der Waals surface area (Å²) in [5.41, 5.74) is 0. The molecule has 6 nitrogen and oxygen atoms in total. The third kappa shape index (κ3) is 3.18. The van der Waals surface area contributed by atoms with E-state index in [9.17, 15) is 8.42 Å². The highest BCUT2D eigenvalue weighted by Crippen LogP contribution is 2.34. The average molecular weight is 264 g/mol. The SMILES string of the molecule is CCCCCCCC1OC2=C(O1)OS(=O)(=O)O2. The molecule has 0 N–H and O–H groups in total. The Balaban J connectivity index is 1.65. The van der Waals surface area contributed by atoms with Crippen LogP contribution < -0.4 is 0 Å². The summed E-state index contributed by atoms with van der Waals surface area (Å²) in [6.07, 6.45) is 5.91. The Bertz CT molecular complexity index is 375. The monoisotopic (exact) mass is 264 g/mol. The van der Waals surface area contributed by atoms with Crippen LogP contribution in [-0.2, 0) is 28.2 Å². The molecule has 0 aromatic rings. The summed E-state index contributed by atoms with van der Waals surface area (Å²) in [7, 11) is -3.99. The van der Waals surface area contributed by atoms with E-state index >= 15 is 0 Å². The molecule has 0 fully saturated rings. The van der Waals surface area contributed by atoms with E-state index < -0.39 is 16.7 Å². The average Bonchev–Trinajstić information content (AvgIpc) is 2.70. The molecule has 0 radical (unpaired) electrons. The molecular formula is C10H16O6S. The van der Waals surface area contributed by atoms with E-state index in [4.69, 9.17) is 9.47 Å². The Morgan fingerprint density at radius 2 is 1.59 bits per heavy atom. The maximum atomic E-state index is 10.8. The highest BCUT2D eigenvalue weighted by atomic mass is 32.3. The lowest BCUT2D eigenvalue weighted by Gasteiger charge is -2.12. The van der Waals surface area contributed by atoms with Crippen molar-refractivity contribution in [3.05, 3.63) is 11.9 Å². The number of unbranched alkanes of at least 4 members (excludes halogenated alkanes) is 4. The van der Waals surface area contributed by atoms with Gasteiger partial charge in [0.05, 0.1) is 0 Å². The molecule has 0 atom stereocenters. The summed E-state index contributed by atoms with van der Waals surface area (Å²) >= 11 is 0. The first-order valence-electron chi connectivity index (χ1n) is 5.82. The maximum absolute atomic E-state index is 10.8. The van der Waals surface area contributed by atoms with Gasteiger partial charge in [0.15, 0.2) is 0 Å². The second kappa shape index (κ2) is 5.03. The minimum Gasteiger partial charge on any atom is -0.419 e. The lowest BCUT2D eigenvalue weighted by atomic mass is 10.1. The Morgan fingerprint density at radius 1 is 1.00 bits per heavy atom. The molecule has 2 aliphatic heterocycles. The van der Waals surface area contributed by atoms with Crippen LogP contribution >= 0.6 is 0 Å². The van der Waals surface area contributed by atoms with E-state index in [1.165, 1.54) is 19.3 Å². The van der Waals surface area contributed by atoms with Gasteiger partial charge >= 0.3 is 22.3 Å².